The fourth-order valence-electron chi connectivity index (χ4n) is 1.83. The van der Waals surface area contributed by atoms with Gasteiger partial charge in [-0.05, 0) is 31.5 Å². The molecule has 2 aromatic rings. The van der Waals surface area contributed by atoms with Crippen LogP contribution in [0, 0.1) is 19.7 Å². The maximum atomic E-state index is 13.1. The number of nitrogens with one attached hydrogen (secondary N) is 2. The summed E-state index contributed by atoms with van der Waals surface area (Å²) in [7, 11) is 1.70. The van der Waals surface area contributed by atoms with Gasteiger partial charge in [0.25, 0.3) is 0 Å². The van der Waals surface area contributed by atoms with Gasteiger partial charge in [0.1, 0.15) is 10.8 Å². The molecule has 0 fully saturated rings. The number of halogens is 2. The first-order valence-corrected chi connectivity index (χ1v) is 8.00. The van der Waals surface area contributed by atoms with Crippen LogP contribution in [0.1, 0.15) is 21.1 Å². The van der Waals surface area contributed by atoms with E-state index < -0.39 is 5.82 Å². The Morgan fingerprint density at radius 3 is 2.64 bits per heavy atom. The van der Waals surface area contributed by atoms with Crippen LogP contribution in [0.15, 0.2) is 23.2 Å². The number of aryl methyl sites for hydroxylation is 2. The monoisotopic (exact) mass is 340 g/mol. The molecule has 1 aromatic carbocycles. The summed E-state index contributed by atoms with van der Waals surface area (Å²) in [5.41, 5.74) is 1.95. The zero-order valence-electron chi connectivity index (χ0n) is 12.7. The molecule has 118 valence electrons. The largest absolute Gasteiger partial charge is 0.352 e. The van der Waals surface area contributed by atoms with Gasteiger partial charge in [-0.15, -0.1) is 11.3 Å². The number of hydrogen-bond acceptors (Lipinski definition) is 3. The van der Waals surface area contributed by atoms with Gasteiger partial charge in [0.2, 0.25) is 0 Å². The van der Waals surface area contributed by atoms with E-state index in [9.17, 15) is 4.39 Å². The Kier molecular flexibility index (Phi) is 5.74. The lowest BCUT2D eigenvalue weighted by Crippen LogP contribution is -2.36. The molecule has 0 aliphatic rings. The number of rotatable bonds is 4. The molecule has 22 heavy (non-hydrogen) atoms. The molecule has 0 spiro atoms. The Morgan fingerprint density at radius 2 is 2.05 bits per heavy atom. The van der Waals surface area contributed by atoms with E-state index in [4.69, 9.17) is 11.6 Å². The second kappa shape index (κ2) is 7.56. The highest BCUT2D eigenvalue weighted by Crippen LogP contribution is 2.16. The second-order valence-electron chi connectivity index (χ2n) is 4.78. The molecule has 0 radical (unpaired) electrons. The lowest BCUT2D eigenvalue weighted by atomic mass is 10.2. The minimum Gasteiger partial charge on any atom is -0.352 e. The van der Waals surface area contributed by atoms with E-state index in [1.165, 1.54) is 10.9 Å². The Morgan fingerprint density at radius 1 is 1.32 bits per heavy atom. The Bertz CT molecular complexity index is 665. The molecule has 0 bridgehead atoms. The topological polar surface area (TPSA) is 49.3 Å². The van der Waals surface area contributed by atoms with Gasteiger partial charge in [-0.1, -0.05) is 17.7 Å². The normalized spacial score (nSPS) is 11.6. The zero-order chi connectivity index (χ0) is 16.1. The zero-order valence-corrected chi connectivity index (χ0v) is 14.3. The number of hydrogen-bond donors (Lipinski definition) is 2. The Labute approximate surface area is 138 Å². The highest BCUT2D eigenvalue weighted by molar-refractivity contribution is 7.11. The summed E-state index contributed by atoms with van der Waals surface area (Å²) in [5.74, 6) is 0.244. The van der Waals surface area contributed by atoms with Crippen LogP contribution in [0.3, 0.4) is 0 Å². The summed E-state index contributed by atoms with van der Waals surface area (Å²) in [5, 5.41) is 7.50. The van der Waals surface area contributed by atoms with Crippen LogP contribution in [0.4, 0.5) is 4.39 Å². The number of benzene rings is 1. The van der Waals surface area contributed by atoms with Crippen molar-refractivity contribution < 1.29 is 4.39 Å². The predicted molar refractivity (Wildman–Crippen MR) is 90.0 cm³/mol. The van der Waals surface area contributed by atoms with Gasteiger partial charge < -0.3 is 10.6 Å². The third kappa shape index (κ3) is 4.42. The third-order valence-corrected chi connectivity index (χ3v) is 4.51. The van der Waals surface area contributed by atoms with Crippen molar-refractivity contribution in [3.63, 3.8) is 0 Å². The lowest BCUT2D eigenvalue weighted by Gasteiger charge is -2.11. The van der Waals surface area contributed by atoms with Crippen LogP contribution in [0.5, 0.6) is 0 Å². The Balaban J connectivity index is 1.88. The highest BCUT2D eigenvalue weighted by atomic mass is 35.5. The number of aliphatic imine (C=N–C) groups is 1. The summed E-state index contributed by atoms with van der Waals surface area (Å²) in [6, 6.07) is 4.65. The number of nitrogens with zero attached hydrogens (tertiary/aromatic N) is 2. The molecule has 7 heteroatoms. The van der Waals surface area contributed by atoms with Gasteiger partial charge in [-0.3, -0.25) is 4.99 Å². The van der Waals surface area contributed by atoms with E-state index in [1.54, 1.807) is 30.5 Å². The van der Waals surface area contributed by atoms with E-state index in [0.29, 0.717) is 19.0 Å². The van der Waals surface area contributed by atoms with Crippen LogP contribution >= 0.6 is 22.9 Å². The highest BCUT2D eigenvalue weighted by Gasteiger charge is 2.05. The quantitative estimate of drug-likeness (QED) is 0.662. The Hall–Kier alpha value is -1.66. The second-order valence-corrected chi connectivity index (χ2v) is 6.47. The molecular formula is C15H18ClFN4S. The first kappa shape index (κ1) is 16.7. The predicted octanol–water partition coefficient (Wildman–Crippen LogP) is 3.42. The van der Waals surface area contributed by atoms with Gasteiger partial charge in [0.05, 0.1) is 17.3 Å². The van der Waals surface area contributed by atoms with E-state index in [2.05, 4.69) is 27.5 Å². The number of guanidine groups is 1. The average molecular weight is 341 g/mol. The summed E-state index contributed by atoms with van der Waals surface area (Å²) >= 11 is 7.44. The van der Waals surface area contributed by atoms with E-state index >= 15 is 0 Å². The minimum atomic E-state index is -0.414. The van der Waals surface area contributed by atoms with Crippen molar-refractivity contribution in [3.8, 4) is 0 Å². The fraction of sp³-hybridized carbons (Fsp3) is 0.333. The molecule has 0 unspecified atom stereocenters. The number of aromatic nitrogens is 1. The van der Waals surface area contributed by atoms with Crippen molar-refractivity contribution >= 4 is 28.9 Å². The molecule has 0 atom stereocenters. The van der Waals surface area contributed by atoms with Crippen LogP contribution in [-0.4, -0.2) is 18.0 Å². The molecular weight excluding hydrogens is 323 g/mol. The van der Waals surface area contributed by atoms with Crippen LogP contribution in [0.25, 0.3) is 0 Å². The lowest BCUT2D eigenvalue weighted by molar-refractivity contribution is 0.627. The summed E-state index contributed by atoms with van der Waals surface area (Å²) in [6.45, 7) is 5.18. The van der Waals surface area contributed by atoms with Gasteiger partial charge in [-0.25, -0.2) is 9.37 Å². The first-order valence-electron chi connectivity index (χ1n) is 6.81. The van der Waals surface area contributed by atoms with Gasteiger partial charge in [0, 0.05) is 18.5 Å². The van der Waals surface area contributed by atoms with Crippen LogP contribution in [0.2, 0.25) is 5.02 Å². The van der Waals surface area contributed by atoms with Crippen LogP contribution in [-0.2, 0) is 13.1 Å². The molecule has 1 aromatic heterocycles. The van der Waals surface area contributed by atoms with Crippen molar-refractivity contribution in [2.24, 2.45) is 4.99 Å². The van der Waals surface area contributed by atoms with Crippen molar-refractivity contribution in [2.75, 3.05) is 7.05 Å². The molecule has 0 aliphatic heterocycles. The fourth-order valence-corrected chi connectivity index (χ4v) is 2.91. The molecule has 1 heterocycles. The van der Waals surface area contributed by atoms with E-state index in [-0.39, 0.29) is 5.02 Å². The maximum Gasteiger partial charge on any atom is 0.191 e. The smallest absolute Gasteiger partial charge is 0.191 e. The molecule has 0 amide bonds. The standard InChI is InChI=1S/C15H18ClFN4S/c1-9-10(2)22-14(21-9)8-20-15(18-3)19-7-11-4-5-13(17)12(16)6-11/h4-6H,7-8H2,1-3H3,(H2,18,19,20). The number of thiazole rings is 1. The molecule has 0 saturated heterocycles. The summed E-state index contributed by atoms with van der Waals surface area (Å²) < 4.78 is 13.1. The minimum absolute atomic E-state index is 0.121. The molecule has 0 saturated carbocycles. The SMILES string of the molecule is CN=C(NCc1ccc(F)c(Cl)c1)NCc1nc(C)c(C)s1. The maximum absolute atomic E-state index is 13.1. The van der Waals surface area contributed by atoms with E-state index in [1.807, 2.05) is 6.92 Å². The van der Waals surface area contributed by atoms with Crippen molar-refractivity contribution in [1.82, 2.24) is 15.6 Å². The van der Waals surface area contributed by atoms with Crippen molar-refractivity contribution in [2.45, 2.75) is 26.9 Å². The summed E-state index contributed by atoms with van der Waals surface area (Å²) in [4.78, 5) is 9.84. The molecule has 2 N–H and O–H groups in total. The molecule has 4 nitrogen and oxygen atoms in total. The molecule has 0 aliphatic carbocycles. The van der Waals surface area contributed by atoms with E-state index in [0.717, 1.165) is 16.3 Å². The van der Waals surface area contributed by atoms with Crippen molar-refractivity contribution in [3.05, 3.63) is 50.2 Å². The van der Waals surface area contributed by atoms with Crippen LogP contribution < -0.4 is 10.6 Å². The van der Waals surface area contributed by atoms with Gasteiger partial charge in [-0.2, -0.15) is 0 Å². The first-order chi connectivity index (χ1) is 10.5. The van der Waals surface area contributed by atoms with Gasteiger partial charge in [0.15, 0.2) is 5.96 Å². The molecule has 2 rings (SSSR count). The average Bonchev–Trinajstić information content (AvgIpc) is 2.81. The van der Waals surface area contributed by atoms with Crippen molar-refractivity contribution in [1.29, 1.82) is 0 Å². The third-order valence-electron chi connectivity index (χ3n) is 3.15. The summed E-state index contributed by atoms with van der Waals surface area (Å²) in [6.07, 6.45) is 0. The van der Waals surface area contributed by atoms with Gasteiger partial charge >= 0.3 is 0 Å².